The van der Waals surface area contributed by atoms with E-state index in [4.69, 9.17) is 0 Å². The first kappa shape index (κ1) is 24.3. The van der Waals surface area contributed by atoms with Gasteiger partial charge in [-0.2, -0.15) is 5.01 Å². The summed E-state index contributed by atoms with van der Waals surface area (Å²) < 4.78 is 0. The first-order chi connectivity index (χ1) is 16.6. The molecule has 2 fully saturated rings. The number of nitro benzene ring substituents is 1. The molecule has 35 heavy (non-hydrogen) atoms. The van der Waals surface area contributed by atoms with E-state index in [1.807, 2.05) is 20.8 Å². The molecular formula is C26H27N3O6. The average molecular weight is 478 g/mol. The summed E-state index contributed by atoms with van der Waals surface area (Å²) in [7, 11) is 0. The Morgan fingerprint density at radius 1 is 0.971 bits per heavy atom. The number of carbonyl (C=O) groups is 4. The number of imide groups is 1. The molecule has 4 rings (SSSR count). The zero-order valence-corrected chi connectivity index (χ0v) is 19.9. The standard InChI is InChI=1S/C26H27N3O6/c1-15-4-11-21-22(12-15)26(33)28(25(21)32)27(14-23(30)19-6-5-16(2)17(3)13-19)24(31)18-7-9-20(10-8-18)29(34)35/h5-10,13,15,21-22H,4,11-12,14H2,1-3H3/t15-,21+,22+/m0/s1. The monoisotopic (exact) mass is 477 g/mol. The van der Waals surface area contributed by atoms with Crippen molar-refractivity contribution in [3.63, 3.8) is 0 Å². The molecule has 9 nitrogen and oxygen atoms in total. The molecule has 3 atom stereocenters. The summed E-state index contributed by atoms with van der Waals surface area (Å²) in [5, 5.41) is 12.8. The van der Waals surface area contributed by atoms with Gasteiger partial charge < -0.3 is 0 Å². The van der Waals surface area contributed by atoms with Crippen LogP contribution in [0, 0.1) is 41.7 Å². The summed E-state index contributed by atoms with van der Waals surface area (Å²) in [6.07, 6.45) is 1.92. The summed E-state index contributed by atoms with van der Waals surface area (Å²) in [4.78, 5) is 63.8. The predicted octanol–water partition coefficient (Wildman–Crippen LogP) is 3.87. The Kier molecular flexibility index (Phi) is 6.51. The molecule has 0 radical (unpaired) electrons. The molecular weight excluding hydrogens is 450 g/mol. The van der Waals surface area contributed by atoms with Crippen LogP contribution >= 0.6 is 0 Å². The molecule has 2 aromatic rings. The Hall–Kier alpha value is -3.88. The van der Waals surface area contributed by atoms with E-state index >= 15 is 0 Å². The van der Waals surface area contributed by atoms with Crippen molar-refractivity contribution in [3.05, 3.63) is 74.8 Å². The van der Waals surface area contributed by atoms with E-state index < -0.39 is 46.8 Å². The van der Waals surface area contributed by atoms with Crippen molar-refractivity contribution in [2.75, 3.05) is 6.54 Å². The van der Waals surface area contributed by atoms with Crippen molar-refractivity contribution in [2.24, 2.45) is 17.8 Å². The van der Waals surface area contributed by atoms with Gasteiger partial charge in [0.05, 0.1) is 16.8 Å². The van der Waals surface area contributed by atoms with Gasteiger partial charge in [-0.1, -0.05) is 19.1 Å². The van der Waals surface area contributed by atoms with E-state index in [0.717, 1.165) is 27.6 Å². The fourth-order valence-electron chi connectivity index (χ4n) is 4.86. The number of non-ortho nitro benzene ring substituents is 1. The predicted molar refractivity (Wildman–Crippen MR) is 126 cm³/mol. The summed E-state index contributed by atoms with van der Waals surface area (Å²) in [5.41, 5.74) is 2.10. The topological polar surface area (TPSA) is 118 Å². The summed E-state index contributed by atoms with van der Waals surface area (Å²) in [6, 6.07) is 10.0. The number of hydrogen-bond acceptors (Lipinski definition) is 6. The Labute approximate surface area is 202 Å². The van der Waals surface area contributed by atoms with E-state index in [1.54, 1.807) is 18.2 Å². The Morgan fingerprint density at radius 2 is 1.60 bits per heavy atom. The maximum absolute atomic E-state index is 13.5. The smallest absolute Gasteiger partial charge is 0.273 e. The first-order valence-corrected chi connectivity index (χ1v) is 11.6. The molecule has 0 unspecified atom stereocenters. The number of benzene rings is 2. The maximum Gasteiger partial charge on any atom is 0.273 e. The molecule has 0 aromatic heterocycles. The highest BCUT2D eigenvalue weighted by atomic mass is 16.6. The third-order valence-electron chi connectivity index (χ3n) is 7.09. The van der Waals surface area contributed by atoms with E-state index in [0.29, 0.717) is 18.4 Å². The van der Waals surface area contributed by atoms with Crippen LogP contribution in [0.4, 0.5) is 5.69 Å². The van der Waals surface area contributed by atoms with Crippen LogP contribution in [0.15, 0.2) is 42.5 Å². The molecule has 2 aromatic carbocycles. The van der Waals surface area contributed by atoms with Crippen molar-refractivity contribution >= 4 is 29.2 Å². The zero-order valence-electron chi connectivity index (χ0n) is 19.9. The second-order valence-corrected chi connectivity index (χ2v) is 9.51. The number of nitro groups is 1. The van der Waals surface area contributed by atoms with Gasteiger partial charge in [0, 0.05) is 23.3 Å². The lowest BCUT2D eigenvalue weighted by Gasteiger charge is -2.30. The maximum atomic E-state index is 13.5. The number of carbonyl (C=O) groups excluding carboxylic acids is 4. The molecule has 1 aliphatic carbocycles. The Morgan fingerprint density at radius 3 is 2.23 bits per heavy atom. The number of amides is 3. The molecule has 0 spiro atoms. The third kappa shape index (κ3) is 4.58. The number of hydrazine groups is 1. The Balaban J connectivity index is 1.70. The molecule has 9 heteroatoms. The lowest BCUT2D eigenvalue weighted by molar-refractivity contribution is -0.384. The van der Waals surface area contributed by atoms with Gasteiger partial charge in [-0.3, -0.25) is 29.3 Å². The van der Waals surface area contributed by atoms with E-state index in [9.17, 15) is 29.3 Å². The van der Waals surface area contributed by atoms with Gasteiger partial charge in [-0.05, 0) is 68.4 Å². The van der Waals surface area contributed by atoms with Crippen molar-refractivity contribution < 1.29 is 24.1 Å². The second kappa shape index (κ2) is 9.40. The van der Waals surface area contributed by atoms with Crippen LogP contribution in [0.2, 0.25) is 0 Å². The second-order valence-electron chi connectivity index (χ2n) is 9.51. The van der Waals surface area contributed by atoms with Gasteiger partial charge in [-0.15, -0.1) is 0 Å². The number of aryl methyl sites for hydroxylation is 2. The number of rotatable bonds is 6. The van der Waals surface area contributed by atoms with Crippen molar-refractivity contribution in [2.45, 2.75) is 40.0 Å². The van der Waals surface area contributed by atoms with Gasteiger partial charge in [0.15, 0.2) is 5.78 Å². The number of fused-ring (bicyclic) bond motifs is 1. The van der Waals surface area contributed by atoms with Crippen LogP contribution in [0.3, 0.4) is 0 Å². The summed E-state index contributed by atoms with van der Waals surface area (Å²) in [6.45, 7) is 5.30. The van der Waals surface area contributed by atoms with Crippen LogP contribution in [-0.2, 0) is 9.59 Å². The molecule has 182 valence electrons. The highest BCUT2D eigenvalue weighted by Gasteiger charge is 2.52. The lowest BCUT2D eigenvalue weighted by atomic mass is 9.76. The zero-order chi connectivity index (χ0) is 25.4. The van der Waals surface area contributed by atoms with Gasteiger partial charge in [0.1, 0.15) is 6.54 Å². The molecule has 1 aliphatic heterocycles. The fraction of sp³-hybridized carbons (Fsp3) is 0.385. The molecule has 1 saturated heterocycles. The molecule has 1 saturated carbocycles. The SMILES string of the molecule is Cc1ccc(C(=O)CN(C(=O)c2ccc([N+](=O)[O-])cc2)N2C(=O)[C@@H]3CC[C@H](C)C[C@H]3C2=O)cc1C. The number of ketones is 1. The quantitative estimate of drug-likeness (QED) is 0.270. The van der Waals surface area contributed by atoms with Crippen LogP contribution in [0.1, 0.15) is 58.0 Å². The molecule has 2 aliphatic rings. The molecule has 1 heterocycles. The Bertz CT molecular complexity index is 1220. The fourth-order valence-corrected chi connectivity index (χ4v) is 4.86. The third-order valence-corrected chi connectivity index (χ3v) is 7.09. The number of Topliss-reactive ketones (excluding diaryl/α,β-unsaturated/α-hetero) is 1. The average Bonchev–Trinajstić information content (AvgIpc) is 3.07. The van der Waals surface area contributed by atoms with E-state index in [-0.39, 0.29) is 17.2 Å². The van der Waals surface area contributed by atoms with Crippen molar-refractivity contribution in [1.29, 1.82) is 0 Å². The molecule has 0 N–H and O–H groups in total. The van der Waals surface area contributed by atoms with Gasteiger partial charge in [0.25, 0.3) is 23.4 Å². The van der Waals surface area contributed by atoms with Gasteiger partial charge in [-0.25, -0.2) is 5.01 Å². The largest absolute Gasteiger partial charge is 0.292 e. The highest BCUT2D eigenvalue weighted by molar-refractivity contribution is 6.09. The van der Waals surface area contributed by atoms with Crippen molar-refractivity contribution in [1.82, 2.24) is 10.0 Å². The molecule has 3 amide bonds. The van der Waals surface area contributed by atoms with Gasteiger partial charge >= 0.3 is 0 Å². The van der Waals surface area contributed by atoms with Crippen LogP contribution in [0.25, 0.3) is 0 Å². The van der Waals surface area contributed by atoms with Crippen LogP contribution in [-0.4, -0.2) is 45.0 Å². The minimum Gasteiger partial charge on any atom is -0.292 e. The lowest BCUT2D eigenvalue weighted by Crippen LogP contribution is -2.52. The summed E-state index contributed by atoms with van der Waals surface area (Å²) in [5.74, 6) is -2.87. The normalized spacial score (nSPS) is 21.6. The first-order valence-electron chi connectivity index (χ1n) is 11.6. The minimum absolute atomic E-state index is 0.0346. The van der Waals surface area contributed by atoms with Crippen LogP contribution in [0.5, 0.6) is 0 Å². The van der Waals surface area contributed by atoms with Crippen LogP contribution < -0.4 is 0 Å². The van der Waals surface area contributed by atoms with Crippen molar-refractivity contribution in [3.8, 4) is 0 Å². The van der Waals surface area contributed by atoms with Gasteiger partial charge in [0.2, 0.25) is 0 Å². The number of nitrogens with zero attached hydrogens (tertiary/aromatic N) is 3. The highest BCUT2D eigenvalue weighted by Crippen LogP contribution is 2.41. The number of hydrogen-bond donors (Lipinski definition) is 0. The summed E-state index contributed by atoms with van der Waals surface area (Å²) >= 11 is 0. The van der Waals surface area contributed by atoms with E-state index in [1.165, 1.54) is 24.3 Å². The van der Waals surface area contributed by atoms with E-state index in [2.05, 4.69) is 0 Å². The molecule has 0 bridgehead atoms. The minimum atomic E-state index is -0.745.